The zero-order chi connectivity index (χ0) is 13.8. The van der Waals surface area contributed by atoms with E-state index in [9.17, 15) is 17.2 Å². The molecule has 8 heteroatoms. The lowest BCUT2D eigenvalue weighted by Gasteiger charge is -2.20. The molecule has 1 aromatic carbocycles. The Morgan fingerprint density at radius 2 is 2.06 bits per heavy atom. The Balaban J connectivity index is 3.08. The van der Waals surface area contributed by atoms with Crippen LogP contribution in [0.4, 0.5) is 8.78 Å². The number of hydrogen-bond acceptors (Lipinski definition) is 3. The molecule has 0 radical (unpaired) electrons. The zero-order valence-corrected chi connectivity index (χ0v) is 10.8. The fraction of sp³-hybridized carbons (Fsp3) is 0.400. The van der Waals surface area contributed by atoms with E-state index < -0.39 is 29.6 Å². The number of halogens is 3. The molecule has 1 rings (SSSR count). The number of benzene rings is 1. The predicted molar refractivity (Wildman–Crippen MR) is 63.3 cm³/mol. The first-order chi connectivity index (χ1) is 8.37. The van der Waals surface area contributed by atoms with Crippen molar-refractivity contribution in [1.82, 2.24) is 4.31 Å². The van der Waals surface area contributed by atoms with Crippen molar-refractivity contribution in [3.63, 3.8) is 0 Å². The Labute approximate surface area is 109 Å². The molecule has 0 amide bonds. The number of aliphatic hydroxyl groups is 1. The van der Waals surface area contributed by atoms with E-state index in [2.05, 4.69) is 0 Å². The molecule has 0 saturated heterocycles. The van der Waals surface area contributed by atoms with Gasteiger partial charge in [0.15, 0.2) is 0 Å². The number of rotatable bonds is 6. The summed E-state index contributed by atoms with van der Waals surface area (Å²) in [6.45, 7) is -1.89. The topological polar surface area (TPSA) is 57.6 Å². The fourth-order valence-electron chi connectivity index (χ4n) is 1.35. The van der Waals surface area contributed by atoms with Gasteiger partial charge in [-0.25, -0.2) is 17.2 Å². The van der Waals surface area contributed by atoms with Crippen molar-refractivity contribution in [1.29, 1.82) is 0 Å². The molecule has 0 saturated carbocycles. The van der Waals surface area contributed by atoms with Crippen LogP contribution in [-0.4, -0.2) is 44.0 Å². The van der Waals surface area contributed by atoms with Crippen LogP contribution in [-0.2, 0) is 10.0 Å². The quantitative estimate of drug-likeness (QED) is 0.868. The van der Waals surface area contributed by atoms with Gasteiger partial charge in [-0.2, -0.15) is 4.31 Å². The predicted octanol–water partition coefficient (Wildman–Crippen LogP) is 1.59. The summed E-state index contributed by atoms with van der Waals surface area (Å²) in [6.07, 6.45) is -2.81. The third kappa shape index (κ3) is 3.88. The van der Waals surface area contributed by atoms with Gasteiger partial charge in [0.1, 0.15) is 0 Å². The van der Waals surface area contributed by atoms with Gasteiger partial charge >= 0.3 is 0 Å². The molecule has 4 nitrogen and oxygen atoms in total. The number of alkyl halides is 2. The molecule has 1 N–H and O–H groups in total. The summed E-state index contributed by atoms with van der Waals surface area (Å²) in [5, 5.41) is 8.93. The van der Waals surface area contributed by atoms with E-state index in [0.29, 0.717) is 4.31 Å². The van der Waals surface area contributed by atoms with Crippen LogP contribution in [0.5, 0.6) is 0 Å². The van der Waals surface area contributed by atoms with Crippen molar-refractivity contribution in [2.24, 2.45) is 0 Å². The highest BCUT2D eigenvalue weighted by Gasteiger charge is 2.26. The summed E-state index contributed by atoms with van der Waals surface area (Å²) < 4.78 is 49.2. The highest BCUT2D eigenvalue weighted by atomic mass is 35.5. The number of sulfonamides is 1. The molecule has 18 heavy (non-hydrogen) atoms. The molecule has 0 aromatic heterocycles. The second kappa shape index (κ2) is 6.42. The molecule has 0 atom stereocenters. The van der Waals surface area contributed by atoms with Crippen LogP contribution >= 0.6 is 11.6 Å². The van der Waals surface area contributed by atoms with Gasteiger partial charge in [-0.05, 0) is 18.2 Å². The average molecular weight is 300 g/mol. The van der Waals surface area contributed by atoms with E-state index in [1.807, 2.05) is 0 Å². The Kier molecular flexibility index (Phi) is 5.46. The molecule has 0 unspecified atom stereocenters. The third-order valence-electron chi connectivity index (χ3n) is 2.12. The van der Waals surface area contributed by atoms with Crippen molar-refractivity contribution in [2.45, 2.75) is 11.3 Å². The highest BCUT2D eigenvalue weighted by molar-refractivity contribution is 7.89. The first-order valence-electron chi connectivity index (χ1n) is 5.02. The molecule has 0 fully saturated rings. The van der Waals surface area contributed by atoms with Crippen LogP contribution in [0.15, 0.2) is 29.2 Å². The summed E-state index contributed by atoms with van der Waals surface area (Å²) in [6, 6.07) is 5.32. The van der Waals surface area contributed by atoms with E-state index in [0.717, 1.165) is 0 Å². The Morgan fingerprint density at radius 3 is 2.56 bits per heavy atom. The minimum Gasteiger partial charge on any atom is -0.395 e. The minimum atomic E-state index is -4.07. The molecule has 0 spiro atoms. The SMILES string of the molecule is O=S(=O)(c1cccc(Cl)c1)N(CCO)CC(F)F. The van der Waals surface area contributed by atoms with Crippen LogP contribution in [0, 0.1) is 0 Å². The van der Waals surface area contributed by atoms with Crippen LogP contribution in [0.1, 0.15) is 0 Å². The first-order valence-corrected chi connectivity index (χ1v) is 6.84. The van der Waals surface area contributed by atoms with Crippen LogP contribution in [0.2, 0.25) is 5.02 Å². The summed E-state index contributed by atoms with van der Waals surface area (Å²) >= 11 is 5.66. The van der Waals surface area contributed by atoms with Crippen molar-refractivity contribution in [3.8, 4) is 0 Å². The molecule has 0 heterocycles. The fourth-order valence-corrected chi connectivity index (χ4v) is 3.06. The van der Waals surface area contributed by atoms with Gasteiger partial charge in [0.05, 0.1) is 18.0 Å². The summed E-state index contributed by atoms with van der Waals surface area (Å²) in [5.41, 5.74) is 0. The summed E-state index contributed by atoms with van der Waals surface area (Å²) in [7, 11) is -4.07. The Morgan fingerprint density at radius 1 is 1.39 bits per heavy atom. The van der Waals surface area contributed by atoms with E-state index in [1.165, 1.54) is 24.3 Å². The lowest BCUT2D eigenvalue weighted by molar-refractivity contribution is 0.113. The normalized spacial score (nSPS) is 12.3. The standard InChI is InChI=1S/C10H12ClF2NO3S/c11-8-2-1-3-9(6-8)18(16,17)14(4-5-15)7-10(12)13/h1-3,6,10,15H,4-5,7H2. The van der Waals surface area contributed by atoms with Gasteiger partial charge in [-0.1, -0.05) is 17.7 Å². The van der Waals surface area contributed by atoms with Gasteiger partial charge in [0, 0.05) is 11.6 Å². The number of hydrogen-bond donors (Lipinski definition) is 1. The summed E-state index contributed by atoms with van der Waals surface area (Å²) in [4.78, 5) is -0.177. The largest absolute Gasteiger partial charge is 0.395 e. The van der Waals surface area contributed by atoms with Gasteiger partial charge in [0.2, 0.25) is 10.0 Å². The van der Waals surface area contributed by atoms with E-state index in [1.54, 1.807) is 0 Å². The van der Waals surface area contributed by atoms with Crippen LogP contribution in [0.25, 0.3) is 0 Å². The number of nitrogens with zero attached hydrogens (tertiary/aromatic N) is 1. The van der Waals surface area contributed by atoms with E-state index in [-0.39, 0.29) is 16.5 Å². The van der Waals surface area contributed by atoms with Crippen molar-refractivity contribution in [2.75, 3.05) is 19.7 Å². The van der Waals surface area contributed by atoms with Crippen LogP contribution < -0.4 is 0 Å². The average Bonchev–Trinajstić information content (AvgIpc) is 2.28. The lowest BCUT2D eigenvalue weighted by atomic mass is 10.4. The smallest absolute Gasteiger partial charge is 0.252 e. The maximum absolute atomic E-state index is 12.3. The molecule has 1 aromatic rings. The Hall–Kier alpha value is -0.760. The molecular formula is C10H12ClF2NO3S. The minimum absolute atomic E-state index is 0.177. The van der Waals surface area contributed by atoms with Gasteiger partial charge in [0.25, 0.3) is 6.43 Å². The molecule has 0 aliphatic rings. The zero-order valence-electron chi connectivity index (χ0n) is 9.26. The van der Waals surface area contributed by atoms with Crippen molar-refractivity contribution < 1.29 is 22.3 Å². The molecule has 0 aliphatic carbocycles. The second-order valence-corrected chi connectivity index (χ2v) is 5.81. The van der Waals surface area contributed by atoms with Gasteiger partial charge in [-0.15, -0.1) is 0 Å². The molecular weight excluding hydrogens is 288 g/mol. The van der Waals surface area contributed by atoms with Gasteiger partial charge in [-0.3, -0.25) is 0 Å². The molecule has 102 valence electrons. The third-order valence-corrected chi connectivity index (χ3v) is 4.22. The second-order valence-electron chi connectivity index (χ2n) is 3.44. The lowest BCUT2D eigenvalue weighted by Crippen LogP contribution is -2.37. The molecule has 0 bridgehead atoms. The maximum Gasteiger partial charge on any atom is 0.252 e. The maximum atomic E-state index is 12.3. The summed E-state index contributed by atoms with van der Waals surface area (Å²) in [5.74, 6) is 0. The monoisotopic (exact) mass is 299 g/mol. The van der Waals surface area contributed by atoms with Crippen molar-refractivity contribution in [3.05, 3.63) is 29.3 Å². The first kappa shape index (κ1) is 15.3. The van der Waals surface area contributed by atoms with E-state index >= 15 is 0 Å². The van der Waals surface area contributed by atoms with E-state index in [4.69, 9.17) is 16.7 Å². The van der Waals surface area contributed by atoms with Crippen molar-refractivity contribution >= 4 is 21.6 Å². The van der Waals surface area contributed by atoms with Gasteiger partial charge < -0.3 is 5.11 Å². The molecule has 0 aliphatic heterocycles. The van der Waals surface area contributed by atoms with Crippen LogP contribution in [0.3, 0.4) is 0 Å². The highest BCUT2D eigenvalue weighted by Crippen LogP contribution is 2.20. The number of aliphatic hydroxyl groups excluding tert-OH is 1. The Bertz CT molecular complexity index is 496.